The molecule has 7 heteroatoms. The van der Waals surface area contributed by atoms with E-state index in [2.05, 4.69) is 10.3 Å². The zero-order valence-electron chi connectivity index (χ0n) is 10.7. The third-order valence-corrected chi connectivity index (χ3v) is 4.21. The van der Waals surface area contributed by atoms with E-state index in [-0.39, 0.29) is 12.1 Å². The van der Waals surface area contributed by atoms with Crippen molar-refractivity contribution in [3.05, 3.63) is 16.1 Å². The molecule has 1 aromatic rings. The van der Waals surface area contributed by atoms with Crippen molar-refractivity contribution in [1.29, 1.82) is 0 Å². The van der Waals surface area contributed by atoms with Crippen LogP contribution in [-0.4, -0.2) is 24.2 Å². The monoisotopic (exact) mass is 294 g/mol. The van der Waals surface area contributed by atoms with E-state index < -0.39 is 11.2 Å². The van der Waals surface area contributed by atoms with Gasteiger partial charge in [-0.2, -0.15) is 13.2 Å². The average molecular weight is 294 g/mol. The van der Waals surface area contributed by atoms with E-state index in [0.29, 0.717) is 29.4 Å². The van der Waals surface area contributed by atoms with E-state index in [0.717, 1.165) is 19.3 Å². The lowest BCUT2D eigenvalue weighted by Crippen LogP contribution is -2.35. The molecule has 1 saturated heterocycles. The quantitative estimate of drug-likeness (QED) is 0.924. The first-order valence-corrected chi connectivity index (χ1v) is 7.22. The van der Waals surface area contributed by atoms with Gasteiger partial charge < -0.3 is 10.1 Å². The molecule has 2 atom stereocenters. The topological polar surface area (TPSA) is 34.2 Å². The molecule has 108 valence electrons. The summed E-state index contributed by atoms with van der Waals surface area (Å²) in [4.78, 5) is 4.08. The summed E-state index contributed by atoms with van der Waals surface area (Å²) in [7, 11) is 0. The summed E-state index contributed by atoms with van der Waals surface area (Å²) < 4.78 is 43.4. The smallest absolute Gasteiger partial charge is 0.376 e. The molecule has 1 aliphatic heterocycles. The van der Waals surface area contributed by atoms with Gasteiger partial charge >= 0.3 is 6.18 Å². The van der Waals surface area contributed by atoms with Gasteiger partial charge in [-0.25, -0.2) is 4.98 Å². The number of nitrogens with one attached hydrogen (secondary N) is 1. The van der Waals surface area contributed by atoms with Crippen molar-refractivity contribution in [2.75, 3.05) is 13.2 Å². The zero-order valence-corrected chi connectivity index (χ0v) is 11.5. The number of halogens is 3. The lowest BCUT2D eigenvalue weighted by Gasteiger charge is -2.30. The molecular weight excluding hydrogens is 277 g/mol. The van der Waals surface area contributed by atoms with Gasteiger partial charge in [-0.05, 0) is 25.8 Å². The van der Waals surface area contributed by atoms with Gasteiger partial charge in [0.2, 0.25) is 0 Å². The molecule has 0 radical (unpaired) electrons. The van der Waals surface area contributed by atoms with Gasteiger partial charge in [0.15, 0.2) is 5.01 Å². The standard InChI is InChI=1S/C12H17F3N2OS/c1-2-16-10(8-5-3-4-6-18-8)9-7-17-11(19-9)12(13,14)15/h7-8,10,16H,2-6H2,1H3. The van der Waals surface area contributed by atoms with Crippen molar-refractivity contribution in [2.24, 2.45) is 0 Å². The average Bonchev–Trinajstić information content (AvgIpc) is 2.86. The molecule has 2 unspecified atom stereocenters. The van der Waals surface area contributed by atoms with Gasteiger partial charge in [0.05, 0.1) is 12.1 Å². The van der Waals surface area contributed by atoms with Crippen LogP contribution in [0.5, 0.6) is 0 Å². The summed E-state index contributed by atoms with van der Waals surface area (Å²) in [6.07, 6.45) is -0.165. The number of alkyl halides is 3. The summed E-state index contributed by atoms with van der Waals surface area (Å²) in [5, 5.41) is 2.42. The number of likely N-dealkylation sites (N-methyl/N-ethyl adjacent to an activating group) is 1. The predicted octanol–water partition coefficient (Wildman–Crippen LogP) is 3.38. The molecule has 1 N–H and O–H groups in total. The van der Waals surface area contributed by atoms with Crippen LogP contribution in [0.1, 0.15) is 42.1 Å². The Morgan fingerprint density at radius 1 is 1.53 bits per heavy atom. The highest BCUT2D eigenvalue weighted by molar-refractivity contribution is 7.11. The Morgan fingerprint density at radius 2 is 2.32 bits per heavy atom. The number of hydrogen-bond donors (Lipinski definition) is 1. The second-order valence-electron chi connectivity index (χ2n) is 4.51. The van der Waals surface area contributed by atoms with Crippen LogP contribution < -0.4 is 5.32 Å². The van der Waals surface area contributed by atoms with Gasteiger partial charge in [-0.1, -0.05) is 6.92 Å². The van der Waals surface area contributed by atoms with Crippen molar-refractivity contribution in [1.82, 2.24) is 10.3 Å². The Kier molecular flexibility index (Phi) is 4.81. The van der Waals surface area contributed by atoms with E-state index in [9.17, 15) is 13.2 Å². The molecule has 3 nitrogen and oxygen atoms in total. The van der Waals surface area contributed by atoms with Crippen LogP contribution in [-0.2, 0) is 10.9 Å². The number of aromatic nitrogens is 1. The number of nitrogens with zero attached hydrogens (tertiary/aromatic N) is 1. The highest BCUT2D eigenvalue weighted by atomic mass is 32.1. The van der Waals surface area contributed by atoms with Crippen molar-refractivity contribution in [2.45, 2.75) is 44.5 Å². The van der Waals surface area contributed by atoms with Crippen LogP contribution in [0.3, 0.4) is 0 Å². The number of rotatable bonds is 4. The maximum Gasteiger partial charge on any atom is 0.443 e. The summed E-state index contributed by atoms with van der Waals surface area (Å²) in [6.45, 7) is 3.29. The van der Waals surface area contributed by atoms with E-state index >= 15 is 0 Å². The summed E-state index contributed by atoms with van der Waals surface area (Å²) in [5.41, 5.74) is 0. The first kappa shape index (κ1) is 14.7. The second kappa shape index (κ2) is 6.19. The minimum absolute atomic E-state index is 0.0600. The second-order valence-corrected chi connectivity index (χ2v) is 5.57. The fourth-order valence-electron chi connectivity index (χ4n) is 2.23. The van der Waals surface area contributed by atoms with Crippen LogP contribution in [0.25, 0.3) is 0 Å². The summed E-state index contributed by atoms with van der Waals surface area (Å²) in [6, 6.07) is -0.195. The van der Waals surface area contributed by atoms with E-state index in [1.807, 2.05) is 6.92 Å². The molecule has 0 saturated carbocycles. The Labute approximate surface area is 114 Å². The molecular formula is C12H17F3N2OS. The number of hydrogen-bond acceptors (Lipinski definition) is 4. The number of thiazole rings is 1. The van der Waals surface area contributed by atoms with Crippen LogP contribution >= 0.6 is 11.3 Å². The SMILES string of the molecule is CCNC(c1cnc(C(F)(F)F)s1)C1CCCCO1. The first-order valence-electron chi connectivity index (χ1n) is 6.40. The van der Waals surface area contributed by atoms with Gasteiger partial charge in [0.1, 0.15) is 0 Å². The largest absolute Gasteiger partial charge is 0.443 e. The predicted molar refractivity (Wildman–Crippen MR) is 67.1 cm³/mol. The van der Waals surface area contributed by atoms with E-state index in [1.165, 1.54) is 6.20 Å². The van der Waals surface area contributed by atoms with Gasteiger partial charge in [-0.3, -0.25) is 0 Å². The van der Waals surface area contributed by atoms with Gasteiger partial charge in [0, 0.05) is 17.7 Å². The Balaban J connectivity index is 2.16. The molecule has 1 aromatic heterocycles. The fraction of sp³-hybridized carbons (Fsp3) is 0.750. The Bertz CT molecular complexity index is 402. The maximum atomic E-state index is 12.6. The maximum absolute atomic E-state index is 12.6. The van der Waals surface area contributed by atoms with Gasteiger partial charge in [-0.15, -0.1) is 11.3 Å². The molecule has 2 rings (SSSR count). The third kappa shape index (κ3) is 3.67. The normalized spacial score (nSPS) is 22.4. The molecule has 1 aliphatic rings. The zero-order chi connectivity index (χ0) is 13.9. The lowest BCUT2D eigenvalue weighted by atomic mass is 10.0. The molecule has 0 bridgehead atoms. The molecule has 1 fully saturated rings. The molecule has 0 aromatic carbocycles. The van der Waals surface area contributed by atoms with Crippen LogP contribution in [0.15, 0.2) is 6.20 Å². The molecule has 19 heavy (non-hydrogen) atoms. The first-order chi connectivity index (χ1) is 9.02. The van der Waals surface area contributed by atoms with Crippen LogP contribution in [0.2, 0.25) is 0 Å². The molecule has 0 aliphatic carbocycles. The molecule has 0 amide bonds. The van der Waals surface area contributed by atoms with E-state index in [1.54, 1.807) is 0 Å². The lowest BCUT2D eigenvalue weighted by molar-refractivity contribution is -0.137. The molecule has 0 spiro atoms. The number of ether oxygens (including phenoxy) is 1. The fourth-order valence-corrected chi connectivity index (χ4v) is 3.14. The summed E-state index contributed by atoms with van der Waals surface area (Å²) in [5.74, 6) is 0. The van der Waals surface area contributed by atoms with Crippen LogP contribution in [0, 0.1) is 0 Å². The van der Waals surface area contributed by atoms with Gasteiger partial charge in [0.25, 0.3) is 0 Å². The third-order valence-electron chi connectivity index (χ3n) is 3.08. The highest BCUT2D eigenvalue weighted by Gasteiger charge is 2.36. The Morgan fingerprint density at radius 3 is 2.84 bits per heavy atom. The molecule has 2 heterocycles. The van der Waals surface area contributed by atoms with Crippen molar-refractivity contribution in [3.63, 3.8) is 0 Å². The Hall–Kier alpha value is -0.660. The highest BCUT2D eigenvalue weighted by Crippen LogP contribution is 2.36. The minimum atomic E-state index is -4.37. The van der Waals surface area contributed by atoms with Crippen molar-refractivity contribution >= 4 is 11.3 Å². The summed E-state index contributed by atoms with van der Waals surface area (Å²) >= 11 is 0.703. The van der Waals surface area contributed by atoms with E-state index in [4.69, 9.17) is 4.74 Å². The van der Waals surface area contributed by atoms with Crippen molar-refractivity contribution in [3.8, 4) is 0 Å². The van der Waals surface area contributed by atoms with Crippen LogP contribution in [0.4, 0.5) is 13.2 Å². The van der Waals surface area contributed by atoms with Crippen molar-refractivity contribution < 1.29 is 17.9 Å². The minimum Gasteiger partial charge on any atom is -0.376 e.